The van der Waals surface area contributed by atoms with Gasteiger partial charge in [0, 0.05) is 4.47 Å². The second-order valence-corrected chi connectivity index (χ2v) is 5.04. The molecule has 2 aromatic carbocycles. The number of carbonyl (C=O) groups is 2. The fraction of sp³-hybridized carbons (Fsp3) is 0. The van der Waals surface area contributed by atoms with Gasteiger partial charge in [0.2, 0.25) is 0 Å². The van der Waals surface area contributed by atoms with Crippen molar-refractivity contribution in [2.75, 3.05) is 4.90 Å². The molecule has 1 aliphatic heterocycles. The number of fused-ring (bicyclic) bond motifs is 1. The van der Waals surface area contributed by atoms with E-state index in [-0.39, 0.29) is 11.4 Å². The van der Waals surface area contributed by atoms with Crippen LogP contribution in [-0.4, -0.2) is 16.9 Å². The van der Waals surface area contributed by atoms with Gasteiger partial charge in [0.15, 0.2) is 0 Å². The summed E-state index contributed by atoms with van der Waals surface area (Å²) in [6, 6.07) is 11.2. The molecule has 0 aromatic heterocycles. The topological polar surface area (TPSA) is 57.6 Å². The summed E-state index contributed by atoms with van der Waals surface area (Å²) in [5, 5.41) is 9.84. The fourth-order valence-corrected chi connectivity index (χ4v) is 2.43. The monoisotopic (exact) mass is 317 g/mol. The summed E-state index contributed by atoms with van der Waals surface area (Å²) in [5.41, 5.74) is 0.888. The SMILES string of the molecule is O=C1c2ccccc2C(=O)N1c1cc(Br)ccc1O. The van der Waals surface area contributed by atoms with Gasteiger partial charge in [-0.25, -0.2) is 4.90 Å². The standard InChI is InChI=1S/C14H8BrNO3/c15-8-5-6-12(17)11(7-8)16-13(18)9-3-1-2-4-10(9)14(16)19/h1-7,17H. The highest BCUT2D eigenvalue weighted by Gasteiger charge is 2.37. The van der Waals surface area contributed by atoms with Crippen molar-refractivity contribution in [2.45, 2.75) is 0 Å². The Balaban J connectivity index is 2.17. The number of anilines is 1. The van der Waals surface area contributed by atoms with Crippen molar-refractivity contribution in [1.29, 1.82) is 0 Å². The van der Waals surface area contributed by atoms with Crippen LogP contribution in [-0.2, 0) is 0 Å². The molecule has 0 saturated heterocycles. The van der Waals surface area contributed by atoms with Crippen LogP contribution in [0.2, 0.25) is 0 Å². The van der Waals surface area contributed by atoms with Crippen LogP contribution in [0.3, 0.4) is 0 Å². The Morgan fingerprint density at radius 3 is 2.11 bits per heavy atom. The third kappa shape index (κ3) is 1.74. The number of amides is 2. The fourth-order valence-electron chi connectivity index (χ4n) is 2.08. The van der Waals surface area contributed by atoms with Gasteiger partial charge in [0.1, 0.15) is 5.75 Å². The highest BCUT2D eigenvalue weighted by atomic mass is 79.9. The Labute approximate surface area is 117 Å². The first-order valence-corrected chi connectivity index (χ1v) is 6.35. The lowest BCUT2D eigenvalue weighted by Crippen LogP contribution is -2.29. The lowest BCUT2D eigenvalue weighted by atomic mass is 10.1. The zero-order valence-electron chi connectivity index (χ0n) is 9.63. The first-order valence-electron chi connectivity index (χ1n) is 5.56. The van der Waals surface area contributed by atoms with Crippen molar-refractivity contribution in [3.8, 4) is 5.75 Å². The molecule has 1 aliphatic rings. The molecule has 2 aromatic rings. The van der Waals surface area contributed by atoms with Crippen LogP contribution in [0.4, 0.5) is 5.69 Å². The van der Waals surface area contributed by atoms with Crippen LogP contribution >= 0.6 is 15.9 Å². The third-order valence-corrected chi connectivity index (χ3v) is 3.47. The van der Waals surface area contributed by atoms with Crippen LogP contribution < -0.4 is 4.90 Å². The minimum Gasteiger partial charge on any atom is -0.506 e. The third-order valence-electron chi connectivity index (χ3n) is 2.97. The van der Waals surface area contributed by atoms with Crippen molar-refractivity contribution < 1.29 is 14.7 Å². The number of carbonyl (C=O) groups excluding carboxylic acids is 2. The largest absolute Gasteiger partial charge is 0.506 e. The van der Waals surface area contributed by atoms with Crippen molar-refractivity contribution in [1.82, 2.24) is 0 Å². The number of hydrogen-bond acceptors (Lipinski definition) is 3. The summed E-state index contributed by atoms with van der Waals surface area (Å²) in [6.45, 7) is 0. The van der Waals surface area contributed by atoms with Gasteiger partial charge in [0.05, 0.1) is 16.8 Å². The van der Waals surface area contributed by atoms with Crippen LogP contribution in [0.15, 0.2) is 46.9 Å². The molecule has 0 saturated carbocycles. The molecule has 0 unspecified atom stereocenters. The number of benzene rings is 2. The molecule has 5 heteroatoms. The van der Waals surface area contributed by atoms with Gasteiger partial charge in [-0.15, -0.1) is 0 Å². The van der Waals surface area contributed by atoms with E-state index in [1.54, 1.807) is 30.3 Å². The van der Waals surface area contributed by atoms with Gasteiger partial charge in [-0.1, -0.05) is 28.1 Å². The molecule has 19 heavy (non-hydrogen) atoms. The van der Waals surface area contributed by atoms with Crippen molar-refractivity contribution in [3.05, 3.63) is 58.1 Å². The smallest absolute Gasteiger partial charge is 0.266 e. The van der Waals surface area contributed by atoms with Crippen molar-refractivity contribution in [2.24, 2.45) is 0 Å². The van der Waals surface area contributed by atoms with E-state index in [9.17, 15) is 14.7 Å². The summed E-state index contributed by atoms with van der Waals surface area (Å²) in [4.78, 5) is 25.5. The zero-order chi connectivity index (χ0) is 13.6. The number of aromatic hydroxyl groups is 1. The Morgan fingerprint density at radius 1 is 0.947 bits per heavy atom. The van der Waals surface area contributed by atoms with Crippen LogP contribution in [0.1, 0.15) is 20.7 Å². The average Bonchev–Trinajstić information content (AvgIpc) is 2.66. The average molecular weight is 318 g/mol. The summed E-state index contributed by atoms with van der Waals surface area (Å²) in [5.74, 6) is -0.958. The predicted octanol–water partition coefficient (Wildman–Crippen LogP) is 2.96. The second kappa shape index (κ2) is 4.20. The molecule has 4 nitrogen and oxygen atoms in total. The highest BCUT2D eigenvalue weighted by Crippen LogP contribution is 2.35. The Hall–Kier alpha value is -2.14. The Morgan fingerprint density at radius 2 is 1.53 bits per heavy atom. The molecule has 0 aliphatic carbocycles. The molecule has 3 rings (SSSR count). The molecule has 94 valence electrons. The molecule has 0 fully saturated rings. The number of rotatable bonds is 1. The minimum absolute atomic E-state index is 0.113. The van der Waals surface area contributed by atoms with E-state index in [2.05, 4.69) is 15.9 Å². The maximum absolute atomic E-state index is 12.2. The van der Waals surface area contributed by atoms with Crippen LogP contribution in [0.5, 0.6) is 5.75 Å². The molecular weight excluding hydrogens is 310 g/mol. The summed E-state index contributed by atoms with van der Waals surface area (Å²) < 4.78 is 0.678. The van der Waals surface area contributed by atoms with E-state index in [0.717, 1.165) is 4.90 Å². The van der Waals surface area contributed by atoms with E-state index < -0.39 is 11.8 Å². The molecular formula is C14H8BrNO3. The number of imide groups is 1. The number of halogens is 1. The van der Waals surface area contributed by atoms with Gasteiger partial charge in [-0.05, 0) is 30.3 Å². The highest BCUT2D eigenvalue weighted by molar-refractivity contribution is 9.10. The van der Waals surface area contributed by atoms with Crippen molar-refractivity contribution >= 4 is 33.4 Å². The van der Waals surface area contributed by atoms with E-state index >= 15 is 0 Å². The predicted molar refractivity (Wildman–Crippen MR) is 73.4 cm³/mol. The molecule has 0 bridgehead atoms. The van der Waals surface area contributed by atoms with Gasteiger partial charge in [-0.2, -0.15) is 0 Å². The maximum atomic E-state index is 12.2. The van der Waals surface area contributed by atoms with Gasteiger partial charge < -0.3 is 5.11 Å². The van der Waals surface area contributed by atoms with Crippen LogP contribution in [0.25, 0.3) is 0 Å². The first-order chi connectivity index (χ1) is 9.09. The molecule has 0 spiro atoms. The Bertz CT molecular complexity index is 677. The maximum Gasteiger partial charge on any atom is 0.266 e. The first kappa shape index (κ1) is 11.9. The second-order valence-electron chi connectivity index (χ2n) is 4.12. The van der Waals surface area contributed by atoms with E-state index in [4.69, 9.17) is 0 Å². The molecule has 1 N–H and O–H groups in total. The van der Waals surface area contributed by atoms with E-state index in [1.165, 1.54) is 12.1 Å². The number of nitrogens with zero attached hydrogens (tertiary/aromatic N) is 1. The van der Waals surface area contributed by atoms with E-state index in [0.29, 0.717) is 15.6 Å². The summed E-state index contributed by atoms with van der Waals surface area (Å²) in [7, 11) is 0. The van der Waals surface area contributed by atoms with Gasteiger partial charge in [-0.3, -0.25) is 9.59 Å². The number of hydrogen-bond donors (Lipinski definition) is 1. The minimum atomic E-state index is -0.422. The van der Waals surface area contributed by atoms with Crippen LogP contribution in [0, 0.1) is 0 Å². The molecule has 2 amide bonds. The normalized spacial score (nSPS) is 13.8. The quantitative estimate of drug-likeness (QED) is 0.823. The molecule has 0 atom stereocenters. The van der Waals surface area contributed by atoms with Gasteiger partial charge in [0.25, 0.3) is 11.8 Å². The number of phenolic OH excluding ortho intramolecular Hbond substituents is 1. The summed E-state index contributed by atoms with van der Waals surface area (Å²) in [6.07, 6.45) is 0. The Kier molecular flexibility index (Phi) is 2.64. The van der Waals surface area contributed by atoms with Gasteiger partial charge >= 0.3 is 0 Å². The lowest BCUT2D eigenvalue weighted by Gasteiger charge is -2.15. The number of phenols is 1. The zero-order valence-corrected chi connectivity index (χ0v) is 11.2. The molecule has 1 heterocycles. The van der Waals surface area contributed by atoms with Crippen molar-refractivity contribution in [3.63, 3.8) is 0 Å². The van der Waals surface area contributed by atoms with E-state index in [1.807, 2.05) is 0 Å². The summed E-state index contributed by atoms with van der Waals surface area (Å²) >= 11 is 3.26. The molecule has 0 radical (unpaired) electrons. The lowest BCUT2D eigenvalue weighted by molar-refractivity contribution is 0.0925.